The van der Waals surface area contributed by atoms with Gasteiger partial charge in [-0.15, -0.1) is 0 Å². The van der Waals surface area contributed by atoms with E-state index in [4.69, 9.17) is 11.5 Å². The zero-order valence-corrected chi connectivity index (χ0v) is 19.7. The molecule has 0 aromatic heterocycles. The summed E-state index contributed by atoms with van der Waals surface area (Å²) < 4.78 is 28.9. The third-order valence-electron chi connectivity index (χ3n) is 4.75. The van der Waals surface area contributed by atoms with Gasteiger partial charge in [-0.2, -0.15) is 0 Å². The highest BCUT2D eigenvalue weighted by Gasteiger charge is 2.12. The fourth-order valence-electron chi connectivity index (χ4n) is 2.95. The third-order valence-corrected chi connectivity index (χ3v) is 4.75. The van der Waals surface area contributed by atoms with Crippen molar-refractivity contribution in [2.75, 3.05) is 10.6 Å². The van der Waals surface area contributed by atoms with Crippen molar-refractivity contribution in [1.29, 1.82) is 0 Å². The molecule has 2 rings (SSSR count). The highest BCUT2D eigenvalue weighted by atomic mass is 19.1. The summed E-state index contributed by atoms with van der Waals surface area (Å²) in [5, 5.41) is 5.09. The number of nitrogens with two attached hydrogens (primary N) is 2. The van der Waals surface area contributed by atoms with Crippen LogP contribution in [0.2, 0.25) is 0 Å². The van der Waals surface area contributed by atoms with E-state index >= 15 is 0 Å². The van der Waals surface area contributed by atoms with Gasteiger partial charge < -0.3 is 22.1 Å². The highest BCUT2D eigenvalue weighted by Crippen LogP contribution is 2.24. The van der Waals surface area contributed by atoms with Crippen molar-refractivity contribution in [2.24, 2.45) is 21.5 Å². The van der Waals surface area contributed by atoms with Crippen molar-refractivity contribution < 1.29 is 13.6 Å². The van der Waals surface area contributed by atoms with Gasteiger partial charge in [-0.3, -0.25) is 0 Å². The van der Waals surface area contributed by atoms with Crippen LogP contribution in [0.3, 0.4) is 0 Å². The molecule has 2 aromatic rings. The molecule has 180 valence electrons. The largest absolute Gasteiger partial charge is 0.387 e. The number of hydrogen-bond donors (Lipinski definition) is 4. The van der Waals surface area contributed by atoms with Crippen molar-refractivity contribution in [3.8, 4) is 0 Å². The molecule has 2 aromatic carbocycles. The first-order valence-electron chi connectivity index (χ1n) is 10.9. The molecular formula is C25H30F2N6O. The molecule has 7 nitrogen and oxygen atoms in total. The van der Waals surface area contributed by atoms with E-state index in [1.54, 1.807) is 32.1 Å². The quantitative estimate of drug-likeness (QED) is 0.287. The smallest absolute Gasteiger partial charge is 0.323 e. The summed E-state index contributed by atoms with van der Waals surface area (Å²) in [5.74, 6) is -0.346. The van der Waals surface area contributed by atoms with Gasteiger partial charge in [0.25, 0.3) is 0 Å². The third kappa shape index (κ3) is 7.26. The Morgan fingerprint density at radius 2 is 1.47 bits per heavy atom. The predicted octanol–water partition coefficient (Wildman–Crippen LogP) is 5.86. The molecule has 0 bridgehead atoms. The molecule has 0 heterocycles. The number of allylic oxidation sites excluding steroid dienone is 2. The SMILES string of the molecule is C/C=C(\N=C(N)CC)c1cc(F)cc(NC(=O)Nc2ccc(/C(=C/C)N=C(N)CC)c(F)c2)c1. The Hall–Kier alpha value is -4.01. The van der Waals surface area contributed by atoms with Gasteiger partial charge in [0, 0.05) is 35.3 Å². The van der Waals surface area contributed by atoms with Crippen LogP contribution < -0.4 is 22.1 Å². The number of amides is 2. The number of urea groups is 1. The van der Waals surface area contributed by atoms with Gasteiger partial charge in [0.2, 0.25) is 0 Å². The number of amidine groups is 2. The van der Waals surface area contributed by atoms with Crippen LogP contribution in [0.15, 0.2) is 58.5 Å². The van der Waals surface area contributed by atoms with E-state index in [2.05, 4.69) is 20.6 Å². The zero-order valence-electron chi connectivity index (χ0n) is 19.7. The number of nitrogens with one attached hydrogen (secondary N) is 2. The number of benzene rings is 2. The molecule has 9 heteroatoms. The first-order chi connectivity index (χ1) is 16.2. The molecule has 0 spiro atoms. The minimum absolute atomic E-state index is 0.204. The number of aliphatic imine (C=N–C) groups is 2. The Morgan fingerprint density at radius 1 is 0.882 bits per heavy atom. The van der Waals surface area contributed by atoms with Gasteiger partial charge in [0.1, 0.15) is 11.6 Å². The van der Waals surface area contributed by atoms with Crippen LogP contribution in [0.25, 0.3) is 11.4 Å². The lowest BCUT2D eigenvalue weighted by Crippen LogP contribution is -2.19. The molecule has 0 aliphatic heterocycles. The molecule has 0 fully saturated rings. The fraction of sp³-hybridized carbons (Fsp3) is 0.240. The molecule has 2 amide bonds. The van der Waals surface area contributed by atoms with Crippen LogP contribution in [-0.2, 0) is 0 Å². The Labute approximate surface area is 198 Å². The van der Waals surface area contributed by atoms with E-state index in [-0.39, 0.29) is 16.9 Å². The fourth-order valence-corrected chi connectivity index (χ4v) is 2.95. The number of carbonyl (C=O) groups excluding carboxylic acids is 1. The van der Waals surface area contributed by atoms with E-state index in [9.17, 15) is 13.6 Å². The summed E-state index contributed by atoms with van der Waals surface area (Å²) in [6.45, 7) is 7.20. The van der Waals surface area contributed by atoms with Crippen LogP contribution in [0.4, 0.5) is 25.0 Å². The maximum atomic E-state index is 14.7. The molecule has 0 unspecified atom stereocenters. The Kier molecular flexibility index (Phi) is 9.49. The molecule has 6 N–H and O–H groups in total. The first-order valence-corrected chi connectivity index (χ1v) is 10.9. The second-order valence-corrected chi connectivity index (χ2v) is 7.26. The number of rotatable bonds is 8. The van der Waals surface area contributed by atoms with E-state index < -0.39 is 17.7 Å². The maximum Gasteiger partial charge on any atom is 0.323 e. The molecule has 0 saturated carbocycles. The van der Waals surface area contributed by atoms with Gasteiger partial charge >= 0.3 is 6.03 Å². The van der Waals surface area contributed by atoms with Crippen molar-refractivity contribution in [3.05, 3.63) is 71.3 Å². The molecule has 0 aliphatic carbocycles. The van der Waals surface area contributed by atoms with E-state index in [1.807, 2.05) is 13.8 Å². The summed E-state index contributed by atoms with van der Waals surface area (Å²) in [6, 6.07) is 7.59. The van der Waals surface area contributed by atoms with Gasteiger partial charge in [-0.1, -0.05) is 26.0 Å². The van der Waals surface area contributed by atoms with Crippen molar-refractivity contribution in [3.63, 3.8) is 0 Å². The summed E-state index contributed by atoms with van der Waals surface area (Å²) in [5.41, 5.74) is 13.6. The van der Waals surface area contributed by atoms with Crippen LogP contribution in [0, 0.1) is 11.6 Å². The zero-order chi connectivity index (χ0) is 25.3. The normalized spacial score (nSPS) is 13.1. The van der Waals surface area contributed by atoms with Crippen LogP contribution in [0.5, 0.6) is 0 Å². The lowest BCUT2D eigenvalue weighted by Gasteiger charge is -2.12. The van der Waals surface area contributed by atoms with E-state index in [0.29, 0.717) is 41.5 Å². The number of anilines is 2. The molecule has 0 saturated heterocycles. The molecule has 34 heavy (non-hydrogen) atoms. The molecule has 0 atom stereocenters. The minimum atomic E-state index is -0.665. The van der Waals surface area contributed by atoms with Gasteiger partial charge in [-0.05, 0) is 50.2 Å². The second kappa shape index (κ2) is 12.3. The minimum Gasteiger partial charge on any atom is -0.387 e. The van der Waals surface area contributed by atoms with Crippen LogP contribution in [0.1, 0.15) is 51.7 Å². The maximum absolute atomic E-state index is 14.7. The second-order valence-electron chi connectivity index (χ2n) is 7.26. The van der Waals surface area contributed by atoms with Crippen LogP contribution >= 0.6 is 0 Å². The first kappa shape index (κ1) is 26.2. The number of carbonyl (C=O) groups is 1. The molecule has 0 radical (unpaired) electrons. The Balaban J connectivity index is 2.20. The average molecular weight is 469 g/mol. The van der Waals surface area contributed by atoms with E-state index in [0.717, 1.165) is 0 Å². The summed E-state index contributed by atoms with van der Waals surface area (Å²) in [4.78, 5) is 20.9. The molecular weight excluding hydrogens is 438 g/mol. The summed E-state index contributed by atoms with van der Waals surface area (Å²) >= 11 is 0. The van der Waals surface area contributed by atoms with Crippen LogP contribution in [-0.4, -0.2) is 17.7 Å². The standard InChI is InChI=1S/C25H30F2N6O/c1-5-21(32-23(28)7-3)15-11-16(26)13-18(12-15)31-25(34)30-17-9-10-19(20(27)14-17)22(6-2)33-24(29)8-4/h5-6,9-14H,7-8H2,1-4H3,(H2,28,32)(H2,29,33)(H2,30,31,34)/b21-5-,22-6-. The Morgan fingerprint density at radius 3 is 2.03 bits per heavy atom. The monoisotopic (exact) mass is 468 g/mol. The summed E-state index contributed by atoms with van der Waals surface area (Å²) in [7, 11) is 0. The number of hydrogen-bond acceptors (Lipinski definition) is 3. The number of nitrogens with zero attached hydrogens (tertiary/aromatic N) is 2. The Bertz CT molecular complexity index is 1170. The predicted molar refractivity (Wildman–Crippen MR) is 137 cm³/mol. The van der Waals surface area contributed by atoms with Crippen molar-refractivity contribution in [2.45, 2.75) is 40.5 Å². The summed E-state index contributed by atoms with van der Waals surface area (Å²) in [6.07, 6.45) is 4.43. The topological polar surface area (TPSA) is 118 Å². The van der Waals surface area contributed by atoms with Crippen molar-refractivity contribution in [1.82, 2.24) is 0 Å². The lowest BCUT2D eigenvalue weighted by atomic mass is 10.1. The van der Waals surface area contributed by atoms with Gasteiger partial charge in [-0.25, -0.2) is 23.6 Å². The molecule has 0 aliphatic rings. The van der Waals surface area contributed by atoms with Gasteiger partial charge in [0.05, 0.1) is 23.1 Å². The lowest BCUT2D eigenvalue weighted by molar-refractivity contribution is 0.262. The van der Waals surface area contributed by atoms with Crippen molar-refractivity contribution >= 4 is 40.5 Å². The highest BCUT2D eigenvalue weighted by molar-refractivity contribution is 6.00. The number of halogens is 2. The van der Waals surface area contributed by atoms with Gasteiger partial charge in [0.15, 0.2) is 0 Å². The average Bonchev–Trinajstić information content (AvgIpc) is 2.80. The van der Waals surface area contributed by atoms with E-state index in [1.165, 1.54) is 30.3 Å².